The van der Waals surface area contributed by atoms with Crippen LogP contribution in [0.5, 0.6) is 0 Å². The maximum atomic E-state index is 12.4. The molecule has 0 saturated heterocycles. The molecule has 0 atom stereocenters. The van der Waals surface area contributed by atoms with Crippen LogP contribution in [0.15, 0.2) is 23.1 Å². The zero-order chi connectivity index (χ0) is 14.1. The van der Waals surface area contributed by atoms with Crippen LogP contribution in [-0.2, 0) is 16.0 Å². The van der Waals surface area contributed by atoms with E-state index in [0.717, 1.165) is 12.3 Å². The van der Waals surface area contributed by atoms with Gasteiger partial charge in [0.15, 0.2) is 9.84 Å². The van der Waals surface area contributed by atoms with Gasteiger partial charge in [-0.25, -0.2) is 13.2 Å². The number of benzene rings is 1. The summed E-state index contributed by atoms with van der Waals surface area (Å²) in [6, 6.07) is 0.742. The number of nitrogens with one attached hydrogen (secondary N) is 1. The number of rotatable bonds is 2. The van der Waals surface area contributed by atoms with Gasteiger partial charge in [-0.05, 0) is 18.2 Å². The number of sulfone groups is 1. The first-order chi connectivity index (χ1) is 8.01. The Morgan fingerprint density at radius 2 is 1.89 bits per heavy atom. The van der Waals surface area contributed by atoms with Gasteiger partial charge in [0.1, 0.15) is 0 Å². The van der Waals surface area contributed by atoms with E-state index >= 15 is 0 Å². The van der Waals surface area contributed by atoms with E-state index in [2.05, 4.69) is 0 Å². The molecule has 0 saturated carbocycles. The molecule has 3 N–H and O–H groups in total. The van der Waals surface area contributed by atoms with Crippen molar-refractivity contribution in [2.75, 3.05) is 11.6 Å². The summed E-state index contributed by atoms with van der Waals surface area (Å²) < 4.78 is 60.0. The van der Waals surface area contributed by atoms with Crippen LogP contribution in [0.4, 0.5) is 23.7 Å². The van der Waals surface area contributed by atoms with Gasteiger partial charge >= 0.3 is 12.2 Å². The molecule has 100 valence electrons. The third-order valence-corrected chi connectivity index (χ3v) is 3.12. The summed E-state index contributed by atoms with van der Waals surface area (Å²) in [6.07, 6.45) is -3.84. The molecule has 1 aromatic carbocycles. The summed E-state index contributed by atoms with van der Waals surface area (Å²) in [7, 11) is -3.78. The van der Waals surface area contributed by atoms with Gasteiger partial charge in [-0.3, -0.25) is 0 Å². The Labute approximate surface area is 101 Å². The van der Waals surface area contributed by atoms with E-state index in [9.17, 15) is 26.4 Å². The van der Waals surface area contributed by atoms with Gasteiger partial charge in [0.2, 0.25) is 0 Å². The second-order valence-electron chi connectivity index (χ2n) is 3.47. The first kappa shape index (κ1) is 14.3. The van der Waals surface area contributed by atoms with E-state index in [-0.39, 0.29) is 0 Å². The summed E-state index contributed by atoms with van der Waals surface area (Å²) in [4.78, 5) is 10.2. The molecule has 0 aromatic heterocycles. The molecule has 0 fully saturated rings. The summed E-state index contributed by atoms with van der Waals surface area (Å²) in [5.41, 5.74) is 3.18. The molecule has 0 aliphatic rings. The third kappa shape index (κ3) is 3.36. The molecule has 18 heavy (non-hydrogen) atoms. The minimum atomic E-state index is -4.65. The normalized spacial score (nSPS) is 12.2. The van der Waals surface area contributed by atoms with Gasteiger partial charge in [-0.1, -0.05) is 0 Å². The highest BCUT2D eigenvalue weighted by Gasteiger charge is 2.32. The van der Waals surface area contributed by atoms with Crippen LogP contribution in [0, 0.1) is 0 Å². The quantitative estimate of drug-likeness (QED) is 0.863. The molecule has 0 aliphatic carbocycles. The van der Waals surface area contributed by atoms with Crippen LogP contribution in [-0.4, -0.2) is 20.7 Å². The number of halogens is 3. The Kier molecular flexibility index (Phi) is 3.56. The van der Waals surface area contributed by atoms with Crippen molar-refractivity contribution in [2.45, 2.75) is 11.1 Å². The van der Waals surface area contributed by atoms with Crippen LogP contribution in [0.3, 0.4) is 0 Å². The molecular formula is C9H9F3N2O3S. The highest BCUT2D eigenvalue weighted by atomic mass is 32.2. The molecule has 0 spiro atoms. The summed E-state index contributed by atoms with van der Waals surface area (Å²) in [5.74, 6) is 0. The molecule has 2 amide bonds. The molecule has 9 heteroatoms. The smallest absolute Gasteiger partial charge is 0.351 e. The van der Waals surface area contributed by atoms with Crippen molar-refractivity contribution in [3.05, 3.63) is 23.8 Å². The maximum Gasteiger partial charge on any atom is 0.416 e. The number of hydrogen-bond acceptors (Lipinski definition) is 3. The van der Waals surface area contributed by atoms with E-state index in [1.807, 2.05) is 5.32 Å². The van der Waals surface area contributed by atoms with Crippen molar-refractivity contribution in [1.29, 1.82) is 0 Å². The first-order valence-corrected chi connectivity index (χ1v) is 6.38. The van der Waals surface area contributed by atoms with Gasteiger partial charge in [0.05, 0.1) is 16.1 Å². The molecule has 0 heterocycles. The molecule has 0 aliphatic heterocycles. The number of nitrogens with two attached hydrogens (primary N) is 1. The Bertz CT molecular complexity index is 581. The molecule has 0 radical (unpaired) electrons. The number of primary amides is 1. The number of urea groups is 1. The van der Waals surface area contributed by atoms with Crippen molar-refractivity contribution in [2.24, 2.45) is 5.73 Å². The van der Waals surface area contributed by atoms with Gasteiger partial charge in [0, 0.05) is 6.26 Å². The monoisotopic (exact) mass is 282 g/mol. The molecule has 1 rings (SSSR count). The fourth-order valence-corrected chi connectivity index (χ4v) is 2.08. The largest absolute Gasteiger partial charge is 0.416 e. The lowest BCUT2D eigenvalue weighted by Gasteiger charge is -2.12. The number of carbonyl (C=O) groups is 1. The summed E-state index contributed by atoms with van der Waals surface area (Å²) in [6.45, 7) is 0. The molecule has 1 aromatic rings. The van der Waals surface area contributed by atoms with Gasteiger partial charge in [0.25, 0.3) is 0 Å². The average molecular weight is 282 g/mol. The van der Waals surface area contributed by atoms with Crippen LogP contribution in [0.1, 0.15) is 5.56 Å². The predicted molar refractivity (Wildman–Crippen MR) is 57.8 cm³/mol. The molecule has 5 nitrogen and oxygen atoms in total. The maximum absolute atomic E-state index is 12.4. The van der Waals surface area contributed by atoms with E-state index in [0.29, 0.717) is 12.1 Å². The molecule has 0 unspecified atom stereocenters. The Morgan fingerprint density at radius 1 is 1.33 bits per heavy atom. The summed E-state index contributed by atoms with van der Waals surface area (Å²) in [5, 5.41) is 1.85. The average Bonchev–Trinajstić information content (AvgIpc) is 2.13. The topological polar surface area (TPSA) is 89.3 Å². The molecular weight excluding hydrogens is 273 g/mol. The lowest BCUT2D eigenvalue weighted by molar-refractivity contribution is -0.137. The Balaban J connectivity index is 3.44. The molecule has 0 bridgehead atoms. The third-order valence-electron chi connectivity index (χ3n) is 1.96. The Hall–Kier alpha value is -1.77. The van der Waals surface area contributed by atoms with E-state index in [4.69, 9.17) is 5.73 Å². The van der Waals surface area contributed by atoms with Gasteiger partial charge in [-0.15, -0.1) is 0 Å². The van der Waals surface area contributed by atoms with Crippen LogP contribution >= 0.6 is 0 Å². The minimum absolute atomic E-state index is 0.436. The second kappa shape index (κ2) is 4.48. The Morgan fingerprint density at radius 3 is 2.28 bits per heavy atom. The van der Waals surface area contributed by atoms with Crippen LogP contribution < -0.4 is 11.1 Å². The van der Waals surface area contributed by atoms with Crippen LogP contribution in [0.2, 0.25) is 0 Å². The van der Waals surface area contributed by atoms with E-state index in [1.54, 1.807) is 0 Å². The van der Waals surface area contributed by atoms with Gasteiger partial charge < -0.3 is 11.1 Å². The predicted octanol–water partition coefficient (Wildman–Crippen LogP) is 1.60. The van der Waals surface area contributed by atoms with Gasteiger partial charge in [-0.2, -0.15) is 13.2 Å². The lowest BCUT2D eigenvalue weighted by Crippen LogP contribution is -2.21. The fraction of sp³-hybridized carbons (Fsp3) is 0.222. The fourth-order valence-electron chi connectivity index (χ4n) is 1.26. The number of amides is 2. The zero-order valence-electron chi connectivity index (χ0n) is 9.08. The highest BCUT2D eigenvalue weighted by molar-refractivity contribution is 7.90. The van der Waals surface area contributed by atoms with E-state index in [1.165, 1.54) is 0 Å². The summed E-state index contributed by atoms with van der Waals surface area (Å²) >= 11 is 0. The van der Waals surface area contributed by atoms with Crippen molar-refractivity contribution in [3.8, 4) is 0 Å². The number of carbonyl (C=O) groups excluding carboxylic acids is 1. The van der Waals surface area contributed by atoms with Crippen molar-refractivity contribution >= 4 is 21.6 Å². The van der Waals surface area contributed by atoms with Crippen molar-refractivity contribution in [1.82, 2.24) is 0 Å². The number of alkyl halides is 3. The second-order valence-corrected chi connectivity index (χ2v) is 5.45. The number of hydrogen-bond donors (Lipinski definition) is 2. The first-order valence-electron chi connectivity index (χ1n) is 4.49. The van der Waals surface area contributed by atoms with Crippen molar-refractivity contribution < 1.29 is 26.4 Å². The van der Waals surface area contributed by atoms with Crippen molar-refractivity contribution in [3.63, 3.8) is 0 Å². The SMILES string of the molecule is CS(=O)(=O)c1ccc(C(F)(F)F)cc1NC(N)=O. The lowest BCUT2D eigenvalue weighted by atomic mass is 10.2. The van der Waals surface area contributed by atoms with E-state index < -0.39 is 38.2 Å². The highest BCUT2D eigenvalue weighted by Crippen LogP contribution is 2.33. The number of anilines is 1. The zero-order valence-corrected chi connectivity index (χ0v) is 9.89. The standard InChI is InChI=1S/C9H9F3N2O3S/c1-18(16,17)7-3-2-5(9(10,11)12)4-6(7)14-8(13)15/h2-4H,1H3,(H3,13,14,15). The van der Waals surface area contributed by atoms with Crippen LogP contribution in [0.25, 0.3) is 0 Å². The minimum Gasteiger partial charge on any atom is -0.351 e.